The van der Waals surface area contributed by atoms with Crippen LogP contribution in [0.1, 0.15) is 57.9 Å². The lowest BCUT2D eigenvalue weighted by Gasteiger charge is -2.23. The molecule has 1 aromatic carbocycles. The number of benzene rings is 1. The van der Waals surface area contributed by atoms with Crippen LogP contribution in [0.25, 0.3) is 0 Å². The van der Waals surface area contributed by atoms with Gasteiger partial charge in [0.2, 0.25) is 0 Å². The predicted molar refractivity (Wildman–Crippen MR) is 68.2 cm³/mol. The predicted octanol–water partition coefficient (Wildman–Crippen LogP) is 5.01. The highest BCUT2D eigenvalue weighted by Crippen LogP contribution is 2.30. The fraction of sp³-hybridized carbons (Fsp3) is 0.600. The van der Waals surface area contributed by atoms with Crippen molar-refractivity contribution in [3.63, 3.8) is 0 Å². The molecule has 0 aliphatic rings. The molecule has 0 aromatic heterocycles. The Kier molecular flexibility index (Phi) is 5.45. The van der Waals surface area contributed by atoms with E-state index in [1.807, 2.05) is 0 Å². The van der Waals surface area contributed by atoms with E-state index in [2.05, 4.69) is 51.1 Å². The summed E-state index contributed by atoms with van der Waals surface area (Å²) in [5, 5.41) is 0. The van der Waals surface area contributed by atoms with Crippen LogP contribution < -0.4 is 0 Å². The van der Waals surface area contributed by atoms with Crippen LogP contribution in [0.15, 0.2) is 30.3 Å². The molecule has 0 aliphatic heterocycles. The molecule has 1 atom stereocenters. The quantitative estimate of drug-likeness (QED) is 0.611. The molecule has 0 aliphatic carbocycles. The van der Waals surface area contributed by atoms with Crippen molar-refractivity contribution in [2.75, 3.05) is 0 Å². The van der Waals surface area contributed by atoms with Gasteiger partial charge < -0.3 is 0 Å². The minimum absolute atomic E-state index is 0.714. The van der Waals surface area contributed by atoms with Gasteiger partial charge in [0.1, 0.15) is 0 Å². The monoisotopic (exact) mass is 204 g/mol. The van der Waals surface area contributed by atoms with Gasteiger partial charge in [0.05, 0.1) is 0 Å². The van der Waals surface area contributed by atoms with Crippen LogP contribution in [0, 0.1) is 5.92 Å². The molecular weight excluding hydrogens is 180 g/mol. The van der Waals surface area contributed by atoms with Gasteiger partial charge in [0, 0.05) is 0 Å². The molecule has 15 heavy (non-hydrogen) atoms. The first kappa shape index (κ1) is 12.3. The van der Waals surface area contributed by atoms with E-state index in [0.29, 0.717) is 5.92 Å². The van der Waals surface area contributed by atoms with E-state index in [0.717, 1.165) is 5.92 Å². The highest BCUT2D eigenvalue weighted by Gasteiger charge is 2.16. The summed E-state index contributed by atoms with van der Waals surface area (Å²) in [4.78, 5) is 0. The molecule has 0 spiro atoms. The lowest BCUT2D eigenvalue weighted by atomic mass is 9.82. The average molecular weight is 204 g/mol. The summed E-state index contributed by atoms with van der Waals surface area (Å²) in [5.41, 5.74) is 1.50. The Morgan fingerprint density at radius 2 is 1.47 bits per heavy atom. The van der Waals surface area contributed by atoms with Crippen molar-refractivity contribution in [1.29, 1.82) is 0 Å². The average Bonchev–Trinajstić information content (AvgIpc) is 2.29. The van der Waals surface area contributed by atoms with Crippen LogP contribution >= 0.6 is 0 Å². The third-order valence-electron chi connectivity index (χ3n) is 3.35. The molecule has 0 heterocycles. The van der Waals surface area contributed by atoms with Gasteiger partial charge in [-0.05, 0) is 17.4 Å². The van der Waals surface area contributed by atoms with Crippen molar-refractivity contribution in [3.05, 3.63) is 35.9 Å². The van der Waals surface area contributed by atoms with Gasteiger partial charge in [-0.2, -0.15) is 0 Å². The Bertz CT molecular complexity index is 244. The molecule has 0 saturated heterocycles. The van der Waals surface area contributed by atoms with Gasteiger partial charge in [-0.25, -0.2) is 0 Å². The zero-order valence-electron chi connectivity index (χ0n) is 10.4. The maximum absolute atomic E-state index is 2.38. The van der Waals surface area contributed by atoms with Gasteiger partial charge >= 0.3 is 0 Å². The highest BCUT2D eigenvalue weighted by molar-refractivity contribution is 5.19. The Labute approximate surface area is 94.7 Å². The summed E-state index contributed by atoms with van der Waals surface area (Å²) in [7, 11) is 0. The van der Waals surface area contributed by atoms with Crippen molar-refractivity contribution in [2.45, 2.75) is 52.4 Å². The van der Waals surface area contributed by atoms with Gasteiger partial charge in [-0.1, -0.05) is 76.8 Å². The maximum Gasteiger partial charge on any atom is -0.0162 e. The van der Waals surface area contributed by atoms with Crippen LogP contribution in [0.2, 0.25) is 0 Å². The maximum atomic E-state index is 2.38. The Morgan fingerprint density at radius 3 is 1.93 bits per heavy atom. The van der Waals surface area contributed by atoms with Crippen molar-refractivity contribution >= 4 is 0 Å². The minimum atomic E-state index is 0.714. The van der Waals surface area contributed by atoms with Crippen LogP contribution in [0.4, 0.5) is 0 Å². The van der Waals surface area contributed by atoms with Gasteiger partial charge in [-0.3, -0.25) is 0 Å². The normalized spacial score (nSPS) is 13.1. The lowest BCUT2D eigenvalue weighted by molar-refractivity contribution is 0.380. The molecular formula is C15H24. The van der Waals surface area contributed by atoms with Crippen molar-refractivity contribution in [3.8, 4) is 0 Å². The summed E-state index contributed by atoms with van der Waals surface area (Å²) in [5.74, 6) is 1.58. The number of hydrogen-bond donors (Lipinski definition) is 0. The topological polar surface area (TPSA) is 0 Å². The minimum Gasteiger partial charge on any atom is -0.0654 e. The van der Waals surface area contributed by atoms with Crippen molar-refractivity contribution < 1.29 is 0 Å². The van der Waals surface area contributed by atoms with Crippen LogP contribution in [-0.4, -0.2) is 0 Å². The van der Waals surface area contributed by atoms with Gasteiger partial charge in [0.25, 0.3) is 0 Å². The van der Waals surface area contributed by atoms with E-state index in [1.165, 1.54) is 31.2 Å². The molecule has 0 N–H and O–H groups in total. The standard InChI is InChI=1S/C15H24/c1-4-9-14(10-5-2)13(3)15-11-7-6-8-12-15/h6-8,11-14H,4-5,9-10H2,1-3H3/t13-/m1/s1. The first-order valence-electron chi connectivity index (χ1n) is 6.34. The van der Waals surface area contributed by atoms with E-state index in [9.17, 15) is 0 Å². The van der Waals surface area contributed by atoms with Gasteiger partial charge in [0.15, 0.2) is 0 Å². The van der Waals surface area contributed by atoms with Crippen LogP contribution in [0.3, 0.4) is 0 Å². The van der Waals surface area contributed by atoms with Gasteiger partial charge in [-0.15, -0.1) is 0 Å². The number of hydrogen-bond acceptors (Lipinski definition) is 0. The van der Waals surface area contributed by atoms with E-state index < -0.39 is 0 Å². The summed E-state index contributed by atoms with van der Waals surface area (Å²) in [6, 6.07) is 10.9. The molecule has 0 saturated carbocycles. The zero-order chi connectivity index (χ0) is 11.1. The fourth-order valence-corrected chi connectivity index (χ4v) is 2.41. The molecule has 1 aromatic rings. The second kappa shape index (κ2) is 6.66. The second-order valence-corrected chi connectivity index (χ2v) is 4.54. The van der Waals surface area contributed by atoms with E-state index >= 15 is 0 Å². The summed E-state index contributed by atoms with van der Waals surface area (Å²) in [6.07, 6.45) is 5.34. The third-order valence-corrected chi connectivity index (χ3v) is 3.35. The Morgan fingerprint density at radius 1 is 0.933 bits per heavy atom. The summed E-state index contributed by atoms with van der Waals surface area (Å²) >= 11 is 0. The summed E-state index contributed by atoms with van der Waals surface area (Å²) in [6.45, 7) is 6.96. The molecule has 0 unspecified atom stereocenters. The van der Waals surface area contributed by atoms with Crippen LogP contribution in [-0.2, 0) is 0 Å². The first-order chi connectivity index (χ1) is 7.29. The van der Waals surface area contributed by atoms with E-state index in [1.54, 1.807) is 0 Å². The highest BCUT2D eigenvalue weighted by atomic mass is 14.2. The molecule has 0 radical (unpaired) electrons. The number of rotatable bonds is 6. The Balaban J connectivity index is 2.67. The second-order valence-electron chi connectivity index (χ2n) is 4.54. The van der Waals surface area contributed by atoms with E-state index in [4.69, 9.17) is 0 Å². The lowest BCUT2D eigenvalue weighted by Crippen LogP contribution is -2.09. The molecule has 1 rings (SSSR count). The molecule has 84 valence electrons. The third kappa shape index (κ3) is 3.70. The van der Waals surface area contributed by atoms with Crippen molar-refractivity contribution in [1.82, 2.24) is 0 Å². The fourth-order valence-electron chi connectivity index (χ4n) is 2.41. The molecule has 0 amide bonds. The zero-order valence-corrected chi connectivity index (χ0v) is 10.4. The van der Waals surface area contributed by atoms with E-state index in [-0.39, 0.29) is 0 Å². The largest absolute Gasteiger partial charge is 0.0654 e. The SMILES string of the molecule is CCCC(CCC)[C@@H](C)c1ccccc1. The smallest absolute Gasteiger partial charge is 0.0162 e. The molecule has 0 bridgehead atoms. The summed E-state index contributed by atoms with van der Waals surface area (Å²) < 4.78 is 0. The first-order valence-corrected chi connectivity index (χ1v) is 6.34. The molecule has 0 fully saturated rings. The molecule has 0 heteroatoms. The molecule has 0 nitrogen and oxygen atoms in total. The Hall–Kier alpha value is -0.780. The van der Waals surface area contributed by atoms with Crippen molar-refractivity contribution in [2.24, 2.45) is 5.92 Å². The van der Waals surface area contributed by atoms with Crippen LogP contribution in [0.5, 0.6) is 0 Å².